The third-order valence-corrected chi connectivity index (χ3v) is 4.93. The maximum atomic E-state index is 13.0. The molecule has 2 aromatic rings. The van der Waals surface area contributed by atoms with Crippen molar-refractivity contribution in [1.82, 2.24) is 4.90 Å². The van der Waals surface area contributed by atoms with Gasteiger partial charge in [0.1, 0.15) is 11.5 Å². The Morgan fingerprint density at radius 3 is 1.42 bits per heavy atom. The smallest absolute Gasteiger partial charge is 0.168 e. The van der Waals surface area contributed by atoms with Crippen molar-refractivity contribution in [3.05, 3.63) is 59.7 Å². The number of rotatable bonds is 6. The summed E-state index contributed by atoms with van der Waals surface area (Å²) in [5.74, 6) is 0.727. The highest BCUT2D eigenvalue weighted by atomic mass is 16.5. The molecule has 1 fully saturated rings. The Labute approximate surface area is 153 Å². The van der Waals surface area contributed by atoms with Crippen LogP contribution in [0.4, 0.5) is 0 Å². The molecule has 1 heterocycles. The number of benzene rings is 2. The first-order chi connectivity index (χ1) is 12.5. The minimum Gasteiger partial charge on any atom is -0.497 e. The molecule has 3 rings (SSSR count). The van der Waals surface area contributed by atoms with Crippen LogP contribution < -0.4 is 9.47 Å². The summed E-state index contributed by atoms with van der Waals surface area (Å²) in [5, 5.41) is 0. The van der Waals surface area contributed by atoms with Crippen LogP contribution >= 0.6 is 0 Å². The van der Waals surface area contributed by atoms with E-state index in [1.165, 1.54) is 0 Å². The highest BCUT2D eigenvalue weighted by Gasteiger charge is 2.40. The lowest BCUT2D eigenvalue weighted by Gasteiger charge is -2.17. The molecule has 0 aliphatic carbocycles. The van der Waals surface area contributed by atoms with Gasteiger partial charge in [-0.1, -0.05) is 0 Å². The van der Waals surface area contributed by atoms with E-state index < -0.39 is 0 Å². The Balaban J connectivity index is 1.82. The normalized spacial score (nSPS) is 20.0. The lowest BCUT2D eigenvalue weighted by atomic mass is 9.83. The molecule has 0 unspecified atom stereocenters. The van der Waals surface area contributed by atoms with Gasteiger partial charge >= 0.3 is 0 Å². The maximum absolute atomic E-state index is 13.0. The molecule has 2 aromatic carbocycles. The van der Waals surface area contributed by atoms with Crippen LogP contribution in [0.1, 0.15) is 20.7 Å². The second kappa shape index (κ2) is 7.70. The van der Waals surface area contributed by atoms with Gasteiger partial charge in [-0.05, 0) is 55.6 Å². The Bertz CT molecular complexity index is 715. The van der Waals surface area contributed by atoms with E-state index >= 15 is 0 Å². The van der Waals surface area contributed by atoms with E-state index in [9.17, 15) is 9.59 Å². The van der Waals surface area contributed by atoms with Gasteiger partial charge in [0.15, 0.2) is 11.6 Å². The van der Waals surface area contributed by atoms with Crippen LogP contribution in [0.5, 0.6) is 11.5 Å². The molecule has 0 radical (unpaired) electrons. The van der Waals surface area contributed by atoms with Crippen LogP contribution in [-0.2, 0) is 0 Å². The molecule has 1 aliphatic rings. The second-order valence-corrected chi connectivity index (χ2v) is 6.62. The van der Waals surface area contributed by atoms with Crippen LogP contribution in [-0.4, -0.2) is 50.8 Å². The predicted octanol–water partition coefficient (Wildman–Crippen LogP) is 2.95. The number of ketones is 2. The van der Waals surface area contributed by atoms with Crippen LogP contribution in [0.2, 0.25) is 0 Å². The number of hydrogen-bond acceptors (Lipinski definition) is 5. The molecule has 5 nitrogen and oxygen atoms in total. The van der Waals surface area contributed by atoms with Crippen molar-refractivity contribution in [2.45, 2.75) is 0 Å². The van der Waals surface area contributed by atoms with Crippen molar-refractivity contribution >= 4 is 11.6 Å². The van der Waals surface area contributed by atoms with Gasteiger partial charge in [0, 0.05) is 36.1 Å². The van der Waals surface area contributed by atoms with Gasteiger partial charge in [0.05, 0.1) is 14.2 Å². The van der Waals surface area contributed by atoms with E-state index in [2.05, 4.69) is 0 Å². The van der Waals surface area contributed by atoms with E-state index in [-0.39, 0.29) is 23.4 Å². The third-order valence-electron chi connectivity index (χ3n) is 4.93. The number of nitrogens with zero attached hydrogens (tertiary/aromatic N) is 1. The lowest BCUT2D eigenvalue weighted by molar-refractivity contribution is 0.0809. The standard InChI is InChI=1S/C21H23NO4/c1-22-12-18(20(23)14-4-8-16(25-2)9-5-14)19(13-22)21(24)15-6-10-17(26-3)11-7-15/h4-11,18-19H,12-13H2,1-3H3/t18-,19-/m0/s1. The highest BCUT2D eigenvalue weighted by Crippen LogP contribution is 2.30. The van der Waals surface area contributed by atoms with Crippen LogP contribution in [0.3, 0.4) is 0 Å². The number of carbonyl (C=O) groups excluding carboxylic acids is 2. The molecule has 0 saturated carbocycles. The number of carbonyl (C=O) groups is 2. The molecular formula is C21H23NO4. The van der Waals surface area contributed by atoms with Crippen molar-refractivity contribution in [3.63, 3.8) is 0 Å². The minimum absolute atomic E-state index is 0.00358. The second-order valence-electron chi connectivity index (χ2n) is 6.62. The van der Waals surface area contributed by atoms with Crippen molar-refractivity contribution in [2.75, 3.05) is 34.4 Å². The zero-order valence-electron chi connectivity index (χ0n) is 15.3. The number of hydrogen-bond donors (Lipinski definition) is 0. The monoisotopic (exact) mass is 353 g/mol. The fourth-order valence-electron chi connectivity index (χ4n) is 3.47. The summed E-state index contributed by atoms with van der Waals surface area (Å²) >= 11 is 0. The van der Waals surface area contributed by atoms with Crippen molar-refractivity contribution in [1.29, 1.82) is 0 Å². The van der Waals surface area contributed by atoms with Gasteiger partial charge in [-0.25, -0.2) is 0 Å². The molecule has 1 aliphatic heterocycles. The Morgan fingerprint density at radius 1 is 0.769 bits per heavy atom. The molecule has 0 N–H and O–H groups in total. The first kappa shape index (κ1) is 18.1. The fourth-order valence-corrected chi connectivity index (χ4v) is 3.47. The first-order valence-electron chi connectivity index (χ1n) is 8.58. The SMILES string of the molecule is COc1ccc(C(=O)[C@H]2CN(C)C[C@@H]2C(=O)c2ccc(OC)cc2)cc1. The Hall–Kier alpha value is -2.66. The van der Waals surface area contributed by atoms with Crippen molar-refractivity contribution in [2.24, 2.45) is 11.8 Å². The molecule has 2 atom stereocenters. The van der Waals surface area contributed by atoms with Crippen molar-refractivity contribution in [3.8, 4) is 11.5 Å². The summed E-state index contributed by atoms with van der Waals surface area (Å²) in [6.07, 6.45) is 0. The summed E-state index contributed by atoms with van der Waals surface area (Å²) in [4.78, 5) is 28.0. The average Bonchev–Trinajstić information content (AvgIpc) is 3.08. The van der Waals surface area contributed by atoms with Crippen LogP contribution in [0.25, 0.3) is 0 Å². The minimum atomic E-state index is -0.344. The Morgan fingerprint density at radius 2 is 1.12 bits per heavy atom. The third kappa shape index (κ3) is 3.63. The van der Waals surface area contributed by atoms with E-state index in [1.807, 2.05) is 11.9 Å². The van der Waals surface area contributed by atoms with Crippen LogP contribution in [0.15, 0.2) is 48.5 Å². The molecule has 136 valence electrons. The summed E-state index contributed by atoms with van der Waals surface area (Å²) in [6.45, 7) is 1.16. The quantitative estimate of drug-likeness (QED) is 0.748. The molecule has 0 spiro atoms. The van der Waals surface area contributed by atoms with Gasteiger partial charge in [-0.15, -0.1) is 0 Å². The van der Waals surface area contributed by atoms with E-state index in [0.717, 1.165) is 0 Å². The van der Waals surface area contributed by atoms with Crippen LogP contribution in [0, 0.1) is 11.8 Å². The van der Waals surface area contributed by atoms with E-state index in [0.29, 0.717) is 35.7 Å². The van der Waals surface area contributed by atoms with Gasteiger partial charge < -0.3 is 14.4 Å². The zero-order valence-corrected chi connectivity index (χ0v) is 15.3. The summed E-state index contributed by atoms with van der Waals surface area (Å²) < 4.78 is 10.3. The van der Waals surface area contributed by atoms with E-state index in [1.54, 1.807) is 62.8 Å². The molecule has 26 heavy (non-hydrogen) atoms. The molecule has 0 bridgehead atoms. The van der Waals surface area contributed by atoms with Crippen molar-refractivity contribution < 1.29 is 19.1 Å². The summed E-state index contributed by atoms with van der Waals surface area (Å²) in [6, 6.07) is 14.1. The molecule has 0 aromatic heterocycles. The maximum Gasteiger partial charge on any atom is 0.168 e. The Kier molecular flexibility index (Phi) is 5.38. The number of ether oxygens (including phenoxy) is 2. The van der Waals surface area contributed by atoms with Gasteiger partial charge in [-0.2, -0.15) is 0 Å². The lowest BCUT2D eigenvalue weighted by Crippen LogP contribution is -2.29. The number of Topliss-reactive ketones (excluding diaryl/α,β-unsaturated/α-hetero) is 2. The highest BCUT2D eigenvalue weighted by molar-refractivity contribution is 6.05. The van der Waals surface area contributed by atoms with E-state index in [4.69, 9.17) is 9.47 Å². The number of likely N-dealkylation sites (tertiary alicyclic amines) is 1. The zero-order chi connectivity index (χ0) is 18.7. The average molecular weight is 353 g/mol. The fraction of sp³-hybridized carbons (Fsp3) is 0.333. The summed E-state index contributed by atoms with van der Waals surface area (Å²) in [5.41, 5.74) is 1.22. The largest absolute Gasteiger partial charge is 0.497 e. The molecule has 5 heteroatoms. The summed E-state index contributed by atoms with van der Waals surface area (Å²) in [7, 11) is 5.12. The molecule has 0 amide bonds. The molecule has 1 saturated heterocycles. The van der Waals surface area contributed by atoms with Gasteiger partial charge in [0.25, 0.3) is 0 Å². The molecular weight excluding hydrogens is 330 g/mol. The first-order valence-corrected chi connectivity index (χ1v) is 8.58. The van der Waals surface area contributed by atoms with Gasteiger partial charge in [0.2, 0.25) is 0 Å². The van der Waals surface area contributed by atoms with Gasteiger partial charge in [-0.3, -0.25) is 9.59 Å². The predicted molar refractivity (Wildman–Crippen MR) is 99.1 cm³/mol. The number of methoxy groups -OCH3 is 2. The topological polar surface area (TPSA) is 55.8 Å².